The monoisotopic (exact) mass is 271 g/mol. The van der Waals surface area contributed by atoms with E-state index in [-0.39, 0.29) is 22.2 Å². The highest BCUT2D eigenvalue weighted by Gasteiger charge is 2.18. The molecule has 0 spiro atoms. The molecule has 0 radical (unpaired) electrons. The van der Waals surface area contributed by atoms with Crippen molar-refractivity contribution in [3.63, 3.8) is 0 Å². The van der Waals surface area contributed by atoms with Gasteiger partial charge >= 0.3 is 0 Å². The lowest BCUT2D eigenvalue weighted by molar-refractivity contribution is 0.145. The zero-order valence-corrected chi connectivity index (χ0v) is 8.92. The summed E-state index contributed by atoms with van der Waals surface area (Å²) < 4.78 is 24.9. The maximum Gasteiger partial charge on any atom is 0.281 e. The smallest absolute Gasteiger partial charge is 0.249 e. The summed E-state index contributed by atoms with van der Waals surface area (Å²) in [6.45, 7) is 0. The van der Waals surface area contributed by atoms with Gasteiger partial charge in [-0.1, -0.05) is 0 Å². The Morgan fingerprint density at radius 1 is 1.47 bits per heavy atom. The van der Waals surface area contributed by atoms with Crippen LogP contribution in [0.5, 0.6) is 0 Å². The molecule has 0 saturated heterocycles. The summed E-state index contributed by atoms with van der Waals surface area (Å²) in [6.07, 6.45) is -2.87. The molecular weight excluding hydrogens is 268 g/mol. The lowest BCUT2D eigenvalue weighted by Gasteiger charge is -2.05. The number of nitriles is 2. The third-order valence-corrected chi connectivity index (χ3v) is 2.46. The van der Waals surface area contributed by atoms with E-state index in [1.54, 1.807) is 12.1 Å². The molecule has 0 aliphatic carbocycles. The minimum absolute atomic E-state index is 0.0123. The highest BCUT2D eigenvalue weighted by Crippen LogP contribution is 2.28. The van der Waals surface area contributed by atoms with Crippen LogP contribution in [-0.4, -0.2) is 4.98 Å². The van der Waals surface area contributed by atoms with Gasteiger partial charge in [0.2, 0.25) is 0 Å². The third-order valence-electron chi connectivity index (χ3n) is 1.62. The summed E-state index contributed by atoms with van der Waals surface area (Å²) in [4.78, 5) is 3.60. The van der Waals surface area contributed by atoms with Crippen LogP contribution in [0.3, 0.4) is 0 Å². The number of aromatic nitrogens is 1. The van der Waals surface area contributed by atoms with Crippen molar-refractivity contribution in [3.8, 4) is 12.1 Å². The first-order valence-electron chi connectivity index (χ1n) is 3.84. The fourth-order valence-corrected chi connectivity index (χ4v) is 1.47. The molecule has 0 bridgehead atoms. The molecule has 6 heteroatoms. The van der Waals surface area contributed by atoms with E-state index in [9.17, 15) is 8.78 Å². The van der Waals surface area contributed by atoms with Crippen molar-refractivity contribution in [1.29, 1.82) is 10.5 Å². The van der Waals surface area contributed by atoms with Crippen LogP contribution >= 0.6 is 15.9 Å². The maximum absolute atomic E-state index is 12.5. The Morgan fingerprint density at radius 2 is 2.13 bits per heavy atom. The van der Waals surface area contributed by atoms with Crippen LogP contribution in [0.15, 0.2) is 10.5 Å². The largest absolute Gasteiger partial charge is 0.281 e. The van der Waals surface area contributed by atoms with Gasteiger partial charge in [-0.2, -0.15) is 10.5 Å². The van der Waals surface area contributed by atoms with E-state index in [1.807, 2.05) is 0 Å². The van der Waals surface area contributed by atoms with Gasteiger partial charge in [0, 0.05) is 0 Å². The minimum Gasteiger partial charge on any atom is -0.249 e. The van der Waals surface area contributed by atoms with Gasteiger partial charge in [0.25, 0.3) is 6.43 Å². The lowest BCUT2D eigenvalue weighted by atomic mass is 10.2. The van der Waals surface area contributed by atoms with Gasteiger partial charge < -0.3 is 0 Å². The molecule has 0 aromatic carbocycles. The molecule has 1 aromatic rings. The van der Waals surface area contributed by atoms with E-state index in [1.165, 1.54) is 6.07 Å². The number of pyridine rings is 1. The molecule has 3 nitrogen and oxygen atoms in total. The summed E-state index contributed by atoms with van der Waals surface area (Å²) in [5.41, 5.74) is -0.266. The lowest BCUT2D eigenvalue weighted by Crippen LogP contribution is -1.99. The molecule has 15 heavy (non-hydrogen) atoms. The Kier molecular flexibility index (Phi) is 3.70. The molecule has 0 aliphatic rings. The van der Waals surface area contributed by atoms with E-state index >= 15 is 0 Å². The van der Waals surface area contributed by atoms with Crippen molar-refractivity contribution in [2.75, 3.05) is 0 Å². The second kappa shape index (κ2) is 4.81. The molecule has 0 aliphatic heterocycles. The predicted molar refractivity (Wildman–Crippen MR) is 50.9 cm³/mol. The zero-order chi connectivity index (χ0) is 11.4. The molecule has 0 fully saturated rings. The van der Waals surface area contributed by atoms with Crippen molar-refractivity contribution < 1.29 is 8.78 Å². The van der Waals surface area contributed by atoms with Gasteiger partial charge in [0.05, 0.1) is 28.2 Å². The second-order valence-corrected chi connectivity index (χ2v) is 3.40. The summed E-state index contributed by atoms with van der Waals surface area (Å²) in [5, 5.41) is 17.1. The highest BCUT2D eigenvalue weighted by atomic mass is 79.9. The average molecular weight is 272 g/mol. The molecule has 0 saturated carbocycles. The van der Waals surface area contributed by atoms with Crippen LogP contribution in [0.2, 0.25) is 0 Å². The standard InChI is InChI=1S/C9H4BrF2N3/c10-7-5(4-14)3-6(1-2-13)15-8(7)9(11)12/h3,9H,1H2. The van der Waals surface area contributed by atoms with E-state index < -0.39 is 12.1 Å². The van der Waals surface area contributed by atoms with Crippen molar-refractivity contribution >= 4 is 15.9 Å². The number of hydrogen-bond donors (Lipinski definition) is 0. The number of halogens is 3. The molecular formula is C9H4BrF2N3. The normalized spacial score (nSPS) is 9.73. The van der Waals surface area contributed by atoms with Crippen molar-refractivity contribution in [2.24, 2.45) is 0 Å². The van der Waals surface area contributed by atoms with E-state index in [0.29, 0.717) is 0 Å². The summed E-state index contributed by atoms with van der Waals surface area (Å²) in [5.74, 6) is 0. The minimum atomic E-state index is -2.77. The second-order valence-electron chi connectivity index (χ2n) is 2.61. The van der Waals surface area contributed by atoms with Gasteiger partial charge in [-0.05, 0) is 22.0 Å². The number of hydrogen-bond acceptors (Lipinski definition) is 3. The fraction of sp³-hybridized carbons (Fsp3) is 0.222. The molecule has 1 aromatic heterocycles. The predicted octanol–water partition coefficient (Wildman–Crippen LogP) is 2.72. The first-order chi connectivity index (χ1) is 7.10. The Hall–Kier alpha value is -1.53. The Bertz CT molecular complexity index is 460. The Balaban J connectivity index is 3.35. The third kappa shape index (κ3) is 2.48. The topological polar surface area (TPSA) is 60.5 Å². The zero-order valence-electron chi connectivity index (χ0n) is 7.34. The van der Waals surface area contributed by atoms with Crippen LogP contribution in [0.4, 0.5) is 8.78 Å². The van der Waals surface area contributed by atoms with Gasteiger partial charge in [-0.3, -0.25) is 0 Å². The summed E-state index contributed by atoms with van der Waals surface area (Å²) >= 11 is 2.88. The van der Waals surface area contributed by atoms with Gasteiger partial charge in [-0.15, -0.1) is 0 Å². The maximum atomic E-state index is 12.5. The van der Waals surface area contributed by atoms with Crippen LogP contribution in [0.1, 0.15) is 23.4 Å². The molecule has 0 amide bonds. The Morgan fingerprint density at radius 3 is 2.60 bits per heavy atom. The summed E-state index contributed by atoms with van der Waals surface area (Å²) in [7, 11) is 0. The average Bonchev–Trinajstić information content (AvgIpc) is 2.20. The van der Waals surface area contributed by atoms with E-state index in [4.69, 9.17) is 10.5 Å². The van der Waals surface area contributed by atoms with Crippen LogP contribution < -0.4 is 0 Å². The highest BCUT2D eigenvalue weighted by molar-refractivity contribution is 9.10. The molecule has 76 valence electrons. The molecule has 1 heterocycles. The fourth-order valence-electron chi connectivity index (χ4n) is 1.00. The van der Waals surface area contributed by atoms with Crippen LogP contribution in [-0.2, 0) is 6.42 Å². The Labute approximate surface area is 93.1 Å². The number of nitrogens with zero attached hydrogens (tertiary/aromatic N) is 3. The summed E-state index contributed by atoms with van der Waals surface area (Å²) in [6, 6.07) is 4.87. The van der Waals surface area contributed by atoms with Gasteiger partial charge in [-0.25, -0.2) is 13.8 Å². The molecule has 0 N–H and O–H groups in total. The van der Waals surface area contributed by atoms with E-state index in [2.05, 4.69) is 20.9 Å². The first kappa shape index (κ1) is 11.5. The molecule has 0 unspecified atom stereocenters. The van der Waals surface area contributed by atoms with Crippen molar-refractivity contribution in [2.45, 2.75) is 12.8 Å². The van der Waals surface area contributed by atoms with Crippen molar-refractivity contribution in [1.82, 2.24) is 4.98 Å². The molecule has 0 atom stereocenters. The van der Waals surface area contributed by atoms with Crippen molar-refractivity contribution in [3.05, 3.63) is 27.5 Å². The SMILES string of the molecule is N#CCc1cc(C#N)c(Br)c(C(F)F)n1. The van der Waals surface area contributed by atoms with E-state index in [0.717, 1.165) is 0 Å². The van der Waals surface area contributed by atoms with Crippen LogP contribution in [0, 0.1) is 22.7 Å². The number of rotatable bonds is 2. The molecule has 1 rings (SSSR count). The quantitative estimate of drug-likeness (QED) is 0.831. The van der Waals surface area contributed by atoms with Crippen LogP contribution in [0.25, 0.3) is 0 Å². The first-order valence-corrected chi connectivity index (χ1v) is 4.64. The van der Waals surface area contributed by atoms with Gasteiger partial charge in [0.15, 0.2) is 0 Å². The van der Waals surface area contributed by atoms with Gasteiger partial charge in [0.1, 0.15) is 11.8 Å². The number of alkyl halides is 2.